The number of benzene rings is 1. The fraction of sp³-hybridized carbons (Fsp3) is 0.333. The van der Waals surface area contributed by atoms with Crippen molar-refractivity contribution in [3.8, 4) is 6.07 Å². The SMILES string of the molecule is CCCNC(=O)/C(C#N)=C\NCc1cccc(CN)c1. The van der Waals surface area contributed by atoms with Gasteiger partial charge in [-0.1, -0.05) is 31.2 Å². The molecule has 5 heteroatoms. The van der Waals surface area contributed by atoms with Gasteiger partial charge in [0.05, 0.1) is 0 Å². The van der Waals surface area contributed by atoms with Gasteiger partial charge in [0.1, 0.15) is 11.6 Å². The van der Waals surface area contributed by atoms with Crippen molar-refractivity contribution < 1.29 is 4.79 Å². The Bertz CT molecular complexity index is 517. The van der Waals surface area contributed by atoms with Crippen molar-refractivity contribution in [2.45, 2.75) is 26.4 Å². The van der Waals surface area contributed by atoms with Crippen LogP contribution in [0, 0.1) is 11.3 Å². The maximum Gasteiger partial charge on any atom is 0.263 e. The summed E-state index contributed by atoms with van der Waals surface area (Å²) in [6.07, 6.45) is 2.28. The molecule has 0 aliphatic rings. The quantitative estimate of drug-likeness (QED) is 0.513. The molecule has 0 fully saturated rings. The first-order valence-corrected chi connectivity index (χ1v) is 6.61. The van der Waals surface area contributed by atoms with Crippen molar-refractivity contribution in [1.29, 1.82) is 5.26 Å². The molecule has 1 amide bonds. The lowest BCUT2D eigenvalue weighted by atomic mass is 10.1. The minimum atomic E-state index is -0.349. The van der Waals surface area contributed by atoms with E-state index >= 15 is 0 Å². The van der Waals surface area contributed by atoms with Crippen molar-refractivity contribution >= 4 is 5.91 Å². The fourth-order valence-electron chi connectivity index (χ4n) is 1.62. The summed E-state index contributed by atoms with van der Waals surface area (Å²) in [4.78, 5) is 11.6. The van der Waals surface area contributed by atoms with Crippen LogP contribution in [0.4, 0.5) is 0 Å². The number of nitriles is 1. The average molecular weight is 272 g/mol. The second-order valence-corrected chi connectivity index (χ2v) is 4.33. The summed E-state index contributed by atoms with van der Waals surface area (Å²) in [5, 5.41) is 14.6. The topological polar surface area (TPSA) is 90.9 Å². The summed E-state index contributed by atoms with van der Waals surface area (Å²) < 4.78 is 0. The molecule has 0 heterocycles. The molecule has 0 saturated heterocycles. The first-order valence-electron chi connectivity index (χ1n) is 6.61. The van der Waals surface area contributed by atoms with E-state index in [1.54, 1.807) is 0 Å². The Morgan fingerprint density at radius 2 is 2.20 bits per heavy atom. The largest absolute Gasteiger partial charge is 0.386 e. The predicted octanol–water partition coefficient (Wildman–Crippen LogP) is 1.17. The lowest BCUT2D eigenvalue weighted by Crippen LogP contribution is -2.26. The van der Waals surface area contributed by atoms with E-state index in [0.717, 1.165) is 17.5 Å². The van der Waals surface area contributed by atoms with E-state index < -0.39 is 0 Å². The normalized spacial score (nSPS) is 10.8. The Kier molecular flexibility index (Phi) is 6.87. The van der Waals surface area contributed by atoms with Gasteiger partial charge >= 0.3 is 0 Å². The molecule has 5 nitrogen and oxygen atoms in total. The maximum absolute atomic E-state index is 11.6. The van der Waals surface area contributed by atoms with Crippen LogP contribution in [0.25, 0.3) is 0 Å². The number of hydrogen-bond acceptors (Lipinski definition) is 4. The van der Waals surface area contributed by atoms with Gasteiger partial charge in [-0.15, -0.1) is 0 Å². The summed E-state index contributed by atoms with van der Waals surface area (Å²) in [6, 6.07) is 9.73. The summed E-state index contributed by atoms with van der Waals surface area (Å²) in [5.74, 6) is -0.349. The van der Waals surface area contributed by atoms with E-state index in [-0.39, 0.29) is 11.5 Å². The van der Waals surface area contributed by atoms with Crippen LogP contribution < -0.4 is 16.4 Å². The van der Waals surface area contributed by atoms with Crippen molar-refractivity contribution in [2.75, 3.05) is 6.54 Å². The molecule has 0 bridgehead atoms. The van der Waals surface area contributed by atoms with Gasteiger partial charge in [0.2, 0.25) is 0 Å². The fourth-order valence-corrected chi connectivity index (χ4v) is 1.62. The van der Waals surface area contributed by atoms with Gasteiger partial charge in [-0.05, 0) is 17.5 Å². The van der Waals surface area contributed by atoms with Gasteiger partial charge in [-0.2, -0.15) is 5.26 Å². The third-order valence-electron chi connectivity index (χ3n) is 2.68. The molecule has 0 spiro atoms. The highest BCUT2D eigenvalue weighted by Crippen LogP contribution is 2.04. The van der Waals surface area contributed by atoms with Crippen LogP contribution in [-0.4, -0.2) is 12.5 Å². The molecule has 0 unspecified atom stereocenters. The second-order valence-electron chi connectivity index (χ2n) is 4.33. The monoisotopic (exact) mass is 272 g/mol. The summed E-state index contributed by atoms with van der Waals surface area (Å²) in [6.45, 7) is 3.56. The molecule has 4 N–H and O–H groups in total. The van der Waals surface area contributed by atoms with Crippen LogP contribution in [0.5, 0.6) is 0 Å². The average Bonchev–Trinajstić information content (AvgIpc) is 2.49. The third-order valence-corrected chi connectivity index (χ3v) is 2.68. The highest BCUT2D eigenvalue weighted by molar-refractivity contribution is 5.97. The van der Waals surface area contributed by atoms with Crippen LogP contribution in [0.3, 0.4) is 0 Å². The molecule has 0 atom stereocenters. The number of nitrogens with zero attached hydrogens (tertiary/aromatic N) is 1. The van der Waals surface area contributed by atoms with Gasteiger partial charge in [0.15, 0.2) is 0 Å². The predicted molar refractivity (Wildman–Crippen MR) is 78.2 cm³/mol. The van der Waals surface area contributed by atoms with E-state index in [2.05, 4.69) is 10.6 Å². The van der Waals surface area contributed by atoms with E-state index in [4.69, 9.17) is 11.0 Å². The molecular weight excluding hydrogens is 252 g/mol. The van der Waals surface area contributed by atoms with E-state index in [0.29, 0.717) is 19.6 Å². The standard InChI is InChI=1S/C15H20N4O/c1-2-6-19-15(20)14(9-17)11-18-10-13-5-3-4-12(7-13)8-16/h3-5,7,11,18H,2,6,8,10,16H2,1H3,(H,19,20)/b14-11-. The molecule has 0 aromatic heterocycles. The molecular formula is C15H20N4O. The number of nitrogens with one attached hydrogen (secondary N) is 2. The maximum atomic E-state index is 11.6. The molecule has 0 aliphatic carbocycles. The van der Waals surface area contributed by atoms with Crippen LogP contribution in [0.15, 0.2) is 36.0 Å². The van der Waals surface area contributed by atoms with Crippen LogP contribution in [-0.2, 0) is 17.9 Å². The number of rotatable bonds is 7. The zero-order valence-corrected chi connectivity index (χ0v) is 11.6. The zero-order valence-electron chi connectivity index (χ0n) is 11.6. The van der Waals surface area contributed by atoms with Gasteiger partial charge in [-0.25, -0.2) is 0 Å². The number of amides is 1. The molecule has 1 aromatic rings. The van der Waals surface area contributed by atoms with Gasteiger partial charge < -0.3 is 16.4 Å². The number of carbonyl (C=O) groups is 1. The number of nitrogens with two attached hydrogens (primary N) is 1. The zero-order chi connectivity index (χ0) is 14.8. The van der Waals surface area contributed by atoms with Crippen molar-refractivity contribution in [1.82, 2.24) is 10.6 Å². The minimum Gasteiger partial charge on any atom is -0.386 e. The smallest absolute Gasteiger partial charge is 0.263 e. The van der Waals surface area contributed by atoms with Crippen LogP contribution >= 0.6 is 0 Å². The Balaban J connectivity index is 2.57. The highest BCUT2D eigenvalue weighted by Gasteiger charge is 2.06. The van der Waals surface area contributed by atoms with Gasteiger partial charge in [0, 0.05) is 25.8 Å². The molecule has 20 heavy (non-hydrogen) atoms. The Morgan fingerprint density at radius 3 is 2.85 bits per heavy atom. The molecule has 0 aliphatic heterocycles. The molecule has 0 radical (unpaired) electrons. The summed E-state index contributed by atoms with van der Waals surface area (Å²) >= 11 is 0. The molecule has 1 aromatic carbocycles. The summed E-state index contributed by atoms with van der Waals surface area (Å²) in [5.41, 5.74) is 7.75. The number of hydrogen-bond donors (Lipinski definition) is 3. The van der Waals surface area contributed by atoms with E-state index in [9.17, 15) is 4.79 Å². The lowest BCUT2D eigenvalue weighted by Gasteiger charge is -2.05. The van der Waals surface area contributed by atoms with Crippen LogP contribution in [0.1, 0.15) is 24.5 Å². The van der Waals surface area contributed by atoms with E-state index in [1.165, 1.54) is 6.20 Å². The lowest BCUT2D eigenvalue weighted by molar-refractivity contribution is -0.117. The first kappa shape index (κ1) is 15.7. The van der Waals surface area contributed by atoms with Gasteiger partial charge in [0.25, 0.3) is 5.91 Å². The highest BCUT2D eigenvalue weighted by atomic mass is 16.1. The van der Waals surface area contributed by atoms with Gasteiger partial charge in [-0.3, -0.25) is 4.79 Å². The van der Waals surface area contributed by atoms with Crippen molar-refractivity contribution in [2.24, 2.45) is 5.73 Å². The minimum absolute atomic E-state index is 0.0772. The first-order chi connectivity index (χ1) is 9.71. The number of carbonyl (C=O) groups excluding carboxylic acids is 1. The Morgan fingerprint density at radius 1 is 1.45 bits per heavy atom. The molecule has 0 saturated carbocycles. The van der Waals surface area contributed by atoms with E-state index in [1.807, 2.05) is 37.3 Å². The van der Waals surface area contributed by atoms with Crippen LogP contribution in [0.2, 0.25) is 0 Å². The Hall–Kier alpha value is -2.32. The Labute approximate surface area is 119 Å². The second kappa shape index (κ2) is 8.73. The van der Waals surface area contributed by atoms with Crippen molar-refractivity contribution in [3.05, 3.63) is 47.2 Å². The molecule has 106 valence electrons. The third kappa shape index (κ3) is 5.12. The van der Waals surface area contributed by atoms with Crippen molar-refractivity contribution in [3.63, 3.8) is 0 Å². The molecule has 1 rings (SSSR count). The summed E-state index contributed by atoms with van der Waals surface area (Å²) in [7, 11) is 0.